The Morgan fingerprint density at radius 3 is 2.23 bits per heavy atom. The number of hydrogen-bond acceptors (Lipinski definition) is 4. The summed E-state index contributed by atoms with van der Waals surface area (Å²) in [6.45, 7) is 0. The molecule has 0 aromatic heterocycles. The van der Waals surface area contributed by atoms with Gasteiger partial charge in [-0.25, -0.2) is 13.2 Å². The van der Waals surface area contributed by atoms with E-state index in [0.717, 1.165) is 12.8 Å². The summed E-state index contributed by atoms with van der Waals surface area (Å²) in [6, 6.07) is 5.65. The Balaban J connectivity index is 1.56. The molecule has 3 N–H and O–H groups in total. The standard InChI is InChI=1S/C18H24N2O5S/c21-17(22)12-5-6-14(11-12)20-18(23)19-13-7-9-16(10-8-13)26(24,25)15-3-1-2-4-15/h7-10,12,14-15H,1-6,11H2,(H,21,22)(H2,19,20,23)/t12-,14+/m1/s1. The van der Waals surface area contributed by atoms with Crippen molar-refractivity contribution in [3.05, 3.63) is 24.3 Å². The topological polar surface area (TPSA) is 113 Å². The summed E-state index contributed by atoms with van der Waals surface area (Å²) in [7, 11) is -3.30. The summed E-state index contributed by atoms with van der Waals surface area (Å²) in [4.78, 5) is 23.3. The number of carboxylic acid groups (broad SMARTS) is 1. The van der Waals surface area contributed by atoms with Gasteiger partial charge in [-0.05, 0) is 56.4 Å². The fourth-order valence-corrected chi connectivity index (χ4v) is 5.66. The second-order valence-electron chi connectivity index (χ2n) is 7.12. The fourth-order valence-electron chi connectivity index (χ4n) is 3.81. The van der Waals surface area contributed by atoms with Crippen molar-refractivity contribution in [2.45, 2.75) is 61.1 Å². The van der Waals surface area contributed by atoms with Crippen molar-refractivity contribution in [3.63, 3.8) is 0 Å². The first-order valence-corrected chi connectivity index (χ1v) is 10.5. The van der Waals surface area contributed by atoms with Crippen LogP contribution in [0.2, 0.25) is 0 Å². The largest absolute Gasteiger partial charge is 0.481 e. The second-order valence-corrected chi connectivity index (χ2v) is 9.35. The molecule has 0 saturated heterocycles. The van der Waals surface area contributed by atoms with Gasteiger partial charge < -0.3 is 15.7 Å². The van der Waals surface area contributed by atoms with Crippen LogP contribution in [-0.4, -0.2) is 36.8 Å². The number of carbonyl (C=O) groups is 2. The van der Waals surface area contributed by atoms with Crippen molar-refractivity contribution in [3.8, 4) is 0 Å². The summed E-state index contributed by atoms with van der Waals surface area (Å²) in [5, 5.41) is 14.1. The Bertz CT molecular complexity index is 769. The molecule has 2 atom stereocenters. The molecular formula is C18H24N2O5S. The van der Waals surface area contributed by atoms with Crippen molar-refractivity contribution in [1.82, 2.24) is 5.32 Å². The number of nitrogens with one attached hydrogen (secondary N) is 2. The number of aliphatic carboxylic acids is 1. The zero-order chi connectivity index (χ0) is 18.7. The molecule has 2 aliphatic carbocycles. The van der Waals surface area contributed by atoms with E-state index < -0.39 is 27.8 Å². The maximum atomic E-state index is 12.5. The van der Waals surface area contributed by atoms with Gasteiger partial charge in [-0.3, -0.25) is 4.79 Å². The molecule has 8 heteroatoms. The molecule has 1 aromatic carbocycles. The third-order valence-electron chi connectivity index (χ3n) is 5.30. The van der Waals surface area contributed by atoms with Crippen LogP contribution in [0.4, 0.5) is 10.5 Å². The monoisotopic (exact) mass is 380 g/mol. The van der Waals surface area contributed by atoms with E-state index in [1.807, 2.05) is 0 Å². The van der Waals surface area contributed by atoms with E-state index in [4.69, 9.17) is 5.11 Å². The van der Waals surface area contributed by atoms with Crippen molar-refractivity contribution < 1.29 is 23.1 Å². The first-order chi connectivity index (χ1) is 12.4. The van der Waals surface area contributed by atoms with Gasteiger partial charge in [0.25, 0.3) is 0 Å². The summed E-state index contributed by atoms with van der Waals surface area (Å²) in [5.74, 6) is -1.23. The number of anilines is 1. The average molecular weight is 380 g/mol. The van der Waals surface area contributed by atoms with Crippen LogP contribution in [0.3, 0.4) is 0 Å². The summed E-state index contributed by atoms with van der Waals surface area (Å²) >= 11 is 0. The first-order valence-electron chi connectivity index (χ1n) is 9.00. The van der Waals surface area contributed by atoms with E-state index in [9.17, 15) is 18.0 Å². The van der Waals surface area contributed by atoms with Crippen LogP contribution in [0.1, 0.15) is 44.9 Å². The van der Waals surface area contributed by atoms with Crippen LogP contribution in [0.15, 0.2) is 29.2 Å². The molecule has 0 aliphatic heterocycles. The number of hydrogen-bond donors (Lipinski definition) is 3. The van der Waals surface area contributed by atoms with E-state index >= 15 is 0 Å². The average Bonchev–Trinajstić information content (AvgIpc) is 3.27. The highest BCUT2D eigenvalue weighted by Gasteiger charge is 2.31. The first kappa shape index (κ1) is 18.7. The Morgan fingerprint density at radius 2 is 1.65 bits per heavy atom. The van der Waals surface area contributed by atoms with E-state index in [0.29, 0.717) is 37.8 Å². The van der Waals surface area contributed by atoms with Crippen LogP contribution in [-0.2, 0) is 14.6 Å². The van der Waals surface area contributed by atoms with Crippen molar-refractivity contribution in [2.24, 2.45) is 5.92 Å². The van der Waals surface area contributed by atoms with E-state index in [1.165, 1.54) is 12.1 Å². The number of carbonyl (C=O) groups excluding carboxylic acids is 1. The third-order valence-corrected chi connectivity index (χ3v) is 7.58. The normalized spacial score (nSPS) is 23.7. The number of carboxylic acids is 1. The Morgan fingerprint density at radius 1 is 1.00 bits per heavy atom. The molecule has 0 unspecified atom stereocenters. The summed E-state index contributed by atoms with van der Waals surface area (Å²) in [5.41, 5.74) is 0.501. The van der Waals surface area contributed by atoms with E-state index in [1.54, 1.807) is 12.1 Å². The van der Waals surface area contributed by atoms with Gasteiger partial charge in [0, 0.05) is 11.7 Å². The van der Waals surface area contributed by atoms with Crippen LogP contribution in [0.5, 0.6) is 0 Å². The lowest BCUT2D eigenvalue weighted by Crippen LogP contribution is -2.36. The molecule has 2 fully saturated rings. The van der Waals surface area contributed by atoms with Crippen LogP contribution in [0, 0.1) is 5.92 Å². The molecule has 0 bridgehead atoms. The molecular weight excluding hydrogens is 356 g/mol. The maximum Gasteiger partial charge on any atom is 0.319 e. The molecule has 26 heavy (non-hydrogen) atoms. The van der Waals surface area contributed by atoms with Crippen LogP contribution < -0.4 is 10.6 Å². The van der Waals surface area contributed by atoms with Gasteiger partial charge in [0.05, 0.1) is 16.1 Å². The molecule has 1 aromatic rings. The Hall–Kier alpha value is -2.09. The lowest BCUT2D eigenvalue weighted by atomic mass is 10.1. The third kappa shape index (κ3) is 4.17. The lowest BCUT2D eigenvalue weighted by molar-refractivity contribution is -0.141. The van der Waals surface area contributed by atoms with E-state index in [2.05, 4.69) is 10.6 Å². The molecule has 2 aliphatic rings. The number of rotatable bonds is 5. The van der Waals surface area contributed by atoms with Crippen molar-refractivity contribution in [1.29, 1.82) is 0 Å². The zero-order valence-electron chi connectivity index (χ0n) is 14.5. The molecule has 2 amide bonds. The van der Waals surface area contributed by atoms with Crippen molar-refractivity contribution >= 4 is 27.5 Å². The maximum absolute atomic E-state index is 12.5. The fraction of sp³-hybridized carbons (Fsp3) is 0.556. The second kappa shape index (κ2) is 7.65. The Labute approximate surface area is 153 Å². The highest BCUT2D eigenvalue weighted by atomic mass is 32.2. The molecule has 3 rings (SSSR count). The molecule has 7 nitrogen and oxygen atoms in total. The van der Waals surface area contributed by atoms with Gasteiger partial charge in [0.2, 0.25) is 0 Å². The number of urea groups is 1. The van der Waals surface area contributed by atoms with E-state index in [-0.39, 0.29) is 16.2 Å². The Kier molecular flexibility index (Phi) is 5.50. The van der Waals surface area contributed by atoms with Gasteiger partial charge in [0.15, 0.2) is 9.84 Å². The minimum absolute atomic E-state index is 0.155. The molecule has 0 heterocycles. The zero-order valence-corrected chi connectivity index (χ0v) is 15.3. The van der Waals surface area contributed by atoms with Gasteiger partial charge >= 0.3 is 12.0 Å². The number of benzene rings is 1. The predicted molar refractivity (Wildman–Crippen MR) is 96.8 cm³/mol. The highest BCUT2D eigenvalue weighted by molar-refractivity contribution is 7.92. The minimum atomic E-state index is -3.30. The van der Waals surface area contributed by atoms with Gasteiger partial charge in [-0.2, -0.15) is 0 Å². The molecule has 2 saturated carbocycles. The summed E-state index contributed by atoms with van der Waals surface area (Å²) in [6.07, 6.45) is 4.96. The van der Waals surface area contributed by atoms with Gasteiger partial charge in [-0.1, -0.05) is 12.8 Å². The quantitative estimate of drug-likeness (QED) is 0.727. The summed E-state index contributed by atoms with van der Waals surface area (Å²) < 4.78 is 25.1. The van der Waals surface area contributed by atoms with Gasteiger partial charge in [-0.15, -0.1) is 0 Å². The number of amides is 2. The number of sulfone groups is 1. The van der Waals surface area contributed by atoms with Crippen LogP contribution >= 0.6 is 0 Å². The predicted octanol–water partition coefficient (Wildman–Crippen LogP) is 2.78. The lowest BCUT2D eigenvalue weighted by Gasteiger charge is -2.14. The van der Waals surface area contributed by atoms with Gasteiger partial charge in [0.1, 0.15) is 0 Å². The minimum Gasteiger partial charge on any atom is -0.481 e. The van der Waals surface area contributed by atoms with Crippen molar-refractivity contribution in [2.75, 3.05) is 5.32 Å². The highest BCUT2D eigenvalue weighted by Crippen LogP contribution is 2.30. The van der Waals surface area contributed by atoms with Crippen LogP contribution in [0.25, 0.3) is 0 Å². The molecule has 0 spiro atoms. The SMILES string of the molecule is O=C(Nc1ccc(S(=O)(=O)C2CCCC2)cc1)N[C@H]1CC[C@@H](C(=O)O)C1. The smallest absolute Gasteiger partial charge is 0.319 e. The molecule has 0 radical (unpaired) electrons. The molecule has 142 valence electrons.